The molecule has 2 fully saturated rings. The van der Waals surface area contributed by atoms with Crippen LogP contribution in [0.25, 0.3) is 10.9 Å². The fourth-order valence-electron chi connectivity index (χ4n) is 3.95. The molecule has 1 saturated carbocycles. The molecule has 6 heteroatoms. The number of nitrogens with zero attached hydrogens (tertiary/aromatic N) is 3. The van der Waals surface area contributed by atoms with Gasteiger partial charge in [0.15, 0.2) is 11.5 Å². The number of methoxy groups -OCH3 is 2. The summed E-state index contributed by atoms with van der Waals surface area (Å²) in [6.07, 6.45) is 4.41. The maximum Gasteiger partial charge on any atom is 0.162 e. The highest BCUT2D eigenvalue weighted by atomic mass is 16.5. The Labute approximate surface area is 148 Å². The average molecular weight is 342 g/mol. The number of aromatic nitrogens is 1. The Bertz CT molecular complexity index is 767. The van der Waals surface area contributed by atoms with Crippen LogP contribution in [0.15, 0.2) is 24.4 Å². The van der Waals surface area contributed by atoms with E-state index in [0.717, 1.165) is 42.8 Å². The Hall–Kier alpha value is -2.05. The Balaban J connectivity index is 1.61. The van der Waals surface area contributed by atoms with E-state index in [0.29, 0.717) is 5.75 Å². The molecule has 0 radical (unpaired) electrons. The lowest BCUT2D eigenvalue weighted by Crippen LogP contribution is -2.55. The average Bonchev–Trinajstić information content (AvgIpc) is 3.48. The molecule has 1 aliphatic carbocycles. The molecule has 1 aromatic carbocycles. The molecule has 0 atom stereocenters. The summed E-state index contributed by atoms with van der Waals surface area (Å²) in [5.41, 5.74) is 2.43. The molecule has 25 heavy (non-hydrogen) atoms. The second-order valence-electron chi connectivity index (χ2n) is 6.81. The minimum Gasteiger partial charge on any atom is -0.493 e. The van der Waals surface area contributed by atoms with E-state index in [9.17, 15) is 0 Å². The van der Waals surface area contributed by atoms with Gasteiger partial charge in [-0.1, -0.05) is 0 Å². The second kappa shape index (κ2) is 6.35. The van der Waals surface area contributed by atoms with Gasteiger partial charge in [-0.05, 0) is 32.0 Å². The van der Waals surface area contributed by atoms with Gasteiger partial charge >= 0.3 is 0 Å². The van der Waals surface area contributed by atoms with Gasteiger partial charge < -0.3 is 19.7 Å². The first-order valence-electron chi connectivity index (χ1n) is 8.90. The van der Waals surface area contributed by atoms with Crippen LogP contribution in [0.1, 0.15) is 12.8 Å². The maximum absolute atomic E-state index is 5.48. The standard InChI is InChI=1S/C19H26N4O2/c1-20-19(5-6-19)23-10-8-22(9-11-23)16-4-7-21-15-13-18(25-3)17(24-2)12-14(15)16/h4,7,12-13,20H,5-6,8-11H2,1-3H3. The molecule has 2 aliphatic rings. The number of benzene rings is 1. The van der Waals surface area contributed by atoms with Crippen molar-refractivity contribution in [2.24, 2.45) is 0 Å². The summed E-state index contributed by atoms with van der Waals surface area (Å²) in [7, 11) is 5.41. The van der Waals surface area contributed by atoms with Crippen molar-refractivity contribution in [2.45, 2.75) is 18.5 Å². The smallest absolute Gasteiger partial charge is 0.162 e. The van der Waals surface area contributed by atoms with E-state index in [2.05, 4.69) is 33.2 Å². The lowest BCUT2D eigenvalue weighted by molar-refractivity contribution is 0.143. The Morgan fingerprint density at radius 1 is 1.04 bits per heavy atom. The van der Waals surface area contributed by atoms with Crippen molar-refractivity contribution < 1.29 is 9.47 Å². The van der Waals surface area contributed by atoms with Crippen molar-refractivity contribution in [3.63, 3.8) is 0 Å². The van der Waals surface area contributed by atoms with Gasteiger partial charge in [-0.3, -0.25) is 9.88 Å². The lowest BCUT2D eigenvalue weighted by atomic mass is 10.1. The molecular weight excluding hydrogens is 316 g/mol. The third kappa shape index (κ3) is 2.79. The zero-order chi connectivity index (χ0) is 17.4. The van der Waals surface area contributed by atoms with Crippen molar-refractivity contribution in [3.8, 4) is 11.5 Å². The fraction of sp³-hybridized carbons (Fsp3) is 0.526. The van der Waals surface area contributed by atoms with Gasteiger partial charge in [-0.25, -0.2) is 0 Å². The van der Waals surface area contributed by atoms with Crippen LogP contribution in [0, 0.1) is 0 Å². The molecule has 2 aromatic rings. The molecule has 0 spiro atoms. The molecule has 1 saturated heterocycles. The summed E-state index contributed by atoms with van der Waals surface area (Å²) in [4.78, 5) is 9.57. The van der Waals surface area contributed by atoms with Crippen molar-refractivity contribution in [2.75, 3.05) is 52.3 Å². The minimum atomic E-state index is 0.267. The van der Waals surface area contributed by atoms with E-state index in [1.165, 1.54) is 18.5 Å². The molecule has 0 unspecified atom stereocenters. The van der Waals surface area contributed by atoms with Gasteiger partial charge in [-0.15, -0.1) is 0 Å². The van der Waals surface area contributed by atoms with Gasteiger partial charge in [0.05, 0.1) is 25.4 Å². The zero-order valence-corrected chi connectivity index (χ0v) is 15.2. The first-order chi connectivity index (χ1) is 12.2. The van der Waals surface area contributed by atoms with Crippen LogP contribution in [-0.4, -0.2) is 63.0 Å². The lowest BCUT2D eigenvalue weighted by Gasteiger charge is -2.40. The third-order valence-corrected chi connectivity index (χ3v) is 5.64. The summed E-state index contributed by atoms with van der Waals surface area (Å²) < 4.78 is 10.9. The zero-order valence-electron chi connectivity index (χ0n) is 15.2. The number of fused-ring (bicyclic) bond motifs is 1. The predicted molar refractivity (Wildman–Crippen MR) is 99.7 cm³/mol. The van der Waals surface area contributed by atoms with E-state index < -0.39 is 0 Å². The summed E-state index contributed by atoms with van der Waals surface area (Å²) in [5, 5.41) is 4.62. The van der Waals surface area contributed by atoms with Gasteiger partial charge in [0.2, 0.25) is 0 Å². The number of hydrogen-bond acceptors (Lipinski definition) is 6. The molecular formula is C19H26N4O2. The molecule has 6 nitrogen and oxygen atoms in total. The minimum absolute atomic E-state index is 0.267. The molecule has 0 amide bonds. The van der Waals surface area contributed by atoms with Crippen LogP contribution in [0.5, 0.6) is 11.5 Å². The highest BCUT2D eigenvalue weighted by Crippen LogP contribution is 2.40. The van der Waals surface area contributed by atoms with Crippen LogP contribution in [0.4, 0.5) is 5.69 Å². The molecule has 134 valence electrons. The molecule has 1 N–H and O–H groups in total. The van der Waals surface area contributed by atoms with Crippen LogP contribution in [0.3, 0.4) is 0 Å². The number of piperazine rings is 1. The number of nitrogens with one attached hydrogen (secondary N) is 1. The molecule has 4 rings (SSSR count). The molecule has 0 bridgehead atoms. The van der Waals surface area contributed by atoms with Crippen LogP contribution >= 0.6 is 0 Å². The summed E-state index contributed by atoms with van der Waals surface area (Å²) in [5.74, 6) is 1.46. The Morgan fingerprint density at radius 2 is 1.72 bits per heavy atom. The van der Waals surface area contributed by atoms with E-state index in [-0.39, 0.29) is 5.66 Å². The number of anilines is 1. The van der Waals surface area contributed by atoms with Crippen molar-refractivity contribution in [1.29, 1.82) is 0 Å². The first-order valence-corrected chi connectivity index (χ1v) is 8.90. The van der Waals surface area contributed by atoms with Crippen LogP contribution < -0.4 is 19.7 Å². The van der Waals surface area contributed by atoms with Crippen molar-refractivity contribution in [3.05, 3.63) is 24.4 Å². The first kappa shape index (κ1) is 16.4. The molecule has 2 heterocycles. The Morgan fingerprint density at radius 3 is 2.32 bits per heavy atom. The number of rotatable bonds is 5. The highest BCUT2D eigenvalue weighted by Gasteiger charge is 2.47. The van der Waals surface area contributed by atoms with Gasteiger partial charge in [0.1, 0.15) is 0 Å². The van der Waals surface area contributed by atoms with Crippen molar-refractivity contribution >= 4 is 16.6 Å². The largest absolute Gasteiger partial charge is 0.493 e. The van der Waals surface area contributed by atoms with E-state index in [4.69, 9.17) is 9.47 Å². The third-order valence-electron chi connectivity index (χ3n) is 5.64. The summed E-state index contributed by atoms with van der Waals surface area (Å²) in [6, 6.07) is 6.10. The molecule has 1 aliphatic heterocycles. The Kier molecular flexibility index (Phi) is 4.17. The number of hydrogen-bond donors (Lipinski definition) is 1. The van der Waals surface area contributed by atoms with E-state index in [1.807, 2.05) is 18.3 Å². The number of ether oxygens (including phenoxy) is 2. The monoisotopic (exact) mass is 342 g/mol. The topological polar surface area (TPSA) is 49.9 Å². The van der Waals surface area contributed by atoms with Crippen LogP contribution in [0.2, 0.25) is 0 Å². The summed E-state index contributed by atoms with van der Waals surface area (Å²) >= 11 is 0. The number of pyridine rings is 1. The highest BCUT2D eigenvalue weighted by molar-refractivity contribution is 5.94. The normalized spacial score (nSPS) is 19.9. The van der Waals surface area contributed by atoms with E-state index in [1.54, 1.807) is 14.2 Å². The van der Waals surface area contributed by atoms with E-state index >= 15 is 0 Å². The quantitative estimate of drug-likeness (QED) is 0.898. The van der Waals surface area contributed by atoms with Gasteiger partial charge in [0.25, 0.3) is 0 Å². The SMILES string of the molecule is CNC1(N2CCN(c3ccnc4cc(OC)c(OC)cc34)CC2)CC1. The fourth-order valence-corrected chi connectivity index (χ4v) is 3.95. The summed E-state index contributed by atoms with van der Waals surface area (Å²) in [6.45, 7) is 4.21. The molecule has 1 aromatic heterocycles. The van der Waals surface area contributed by atoms with Gasteiger partial charge in [0, 0.05) is 49.5 Å². The second-order valence-corrected chi connectivity index (χ2v) is 6.81. The maximum atomic E-state index is 5.48. The van der Waals surface area contributed by atoms with Gasteiger partial charge in [-0.2, -0.15) is 0 Å². The predicted octanol–water partition coefficient (Wildman–Crippen LogP) is 2.08. The van der Waals surface area contributed by atoms with Crippen molar-refractivity contribution in [1.82, 2.24) is 15.2 Å². The van der Waals surface area contributed by atoms with Crippen LogP contribution in [-0.2, 0) is 0 Å².